The van der Waals surface area contributed by atoms with Gasteiger partial charge in [0.2, 0.25) is 0 Å². The minimum Gasteiger partial charge on any atom is -0.497 e. The van der Waals surface area contributed by atoms with Crippen LogP contribution in [0.5, 0.6) is 11.5 Å². The van der Waals surface area contributed by atoms with Gasteiger partial charge in [0.15, 0.2) is 5.96 Å². The van der Waals surface area contributed by atoms with Crippen molar-refractivity contribution in [2.24, 2.45) is 4.99 Å². The molecule has 0 spiro atoms. The topological polar surface area (TPSA) is 54.9 Å². The van der Waals surface area contributed by atoms with E-state index in [4.69, 9.17) is 9.47 Å². The summed E-state index contributed by atoms with van der Waals surface area (Å²) in [5.74, 6) is 2.00. The number of aliphatic imine (C=N–C) groups is 1. The lowest BCUT2D eigenvalue weighted by molar-refractivity contribution is -0.137. The van der Waals surface area contributed by atoms with E-state index in [2.05, 4.69) is 15.6 Å². The van der Waals surface area contributed by atoms with E-state index < -0.39 is 11.7 Å². The Morgan fingerprint density at radius 3 is 2.41 bits per heavy atom. The van der Waals surface area contributed by atoms with E-state index in [9.17, 15) is 13.2 Å². The predicted octanol–water partition coefficient (Wildman–Crippen LogP) is 4.25. The van der Waals surface area contributed by atoms with Gasteiger partial charge in [-0.25, -0.2) is 0 Å². The molecule has 0 fully saturated rings. The number of benzene rings is 2. The number of nitrogens with one attached hydrogen (secondary N) is 2. The Morgan fingerprint density at radius 2 is 1.79 bits per heavy atom. The summed E-state index contributed by atoms with van der Waals surface area (Å²) in [6, 6.07) is 10.8. The highest BCUT2D eigenvalue weighted by Crippen LogP contribution is 2.29. The Bertz CT molecular complexity index is 814. The highest BCUT2D eigenvalue weighted by atomic mass is 127. The highest BCUT2D eigenvalue weighted by molar-refractivity contribution is 14.0. The zero-order chi connectivity index (χ0) is 20.6. The molecule has 0 saturated carbocycles. The Balaban J connectivity index is 0.00000420. The summed E-state index contributed by atoms with van der Waals surface area (Å²) in [7, 11) is 4.81. The summed E-state index contributed by atoms with van der Waals surface area (Å²) in [6.07, 6.45) is -3.70. The van der Waals surface area contributed by atoms with Gasteiger partial charge in [-0.2, -0.15) is 13.2 Å². The third kappa shape index (κ3) is 7.64. The van der Waals surface area contributed by atoms with Crippen molar-refractivity contribution in [3.63, 3.8) is 0 Å². The quantitative estimate of drug-likeness (QED) is 0.324. The van der Waals surface area contributed by atoms with Gasteiger partial charge in [0.05, 0.1) is 19.8 Å². The second-order valence-electron chi connectivity index (χ2n) is 5.98. The average Bonchev–Trinajstić information content (AvgIpc) is 2.69. The summed E-state index contributed by atoms with van der Waals surface area (Å²) < 4.78 is 49.0. The molecule has 0 amide bonds. The summed E-state index contributed by atoms with van der Waals surface area (Å²) in [6.45, 7) is 0.790. The number of ether oxygens (including phenoxy) is 2. The molecule has 9 heteroatoms. The lowest BCUT2D eigenvalue weighted by Crippen LogP contribution is -2.37. The first kappa shape index (κ1) is 24.9. The van der Waals surface area contributed by atoms with Crippen LogP contribution in [-0.2, 0) is 19.1 Å². The standard InChI is InChI=1S/C20H24F3N3O2.HI/c1-24-19(26-13-14-5-4-6-16(11-14)20(21,22)23)25-10-9-15-12-17(27-2)7-8-18(15)28-3;/h4-8,11-12H,9-10,13H2,1-3H3,(H2,24,25,26);1H. The van der Waals surface area contributed by atoms with Gasteiger partial charge in [0.1, 0.15) is 11.5 Å². The maximum Gasteiger partial charge on any atom is 0.416 e. The van der Waals surface area contributed by atoms with Crippen LogP contribution in [0.4, 0.5) is 13.2 Å². The van der Waals surface area contributed by atoms with Crippen LogP contribution >= 0.6 is 24.0 Å². The van der Waals surface area contributed by atoms with Gasteiger partial charge in [-0.05, 0) is 47.9 Å². The van der Waals surface area contributed by atoms with Crippen LogP contribution in [0.1, 0.15) is 16.7 Å². The fourth-order valence-corrected chi connectivity index (χ4v) is 2.66. The second kappa shape index (κ2) is 11.7. The monoisotopic (exact) mass is 523 g/mol. The van der Waals surface area contributed by atoms with Crippen LogP contribution in [0.25, 0.3) is 0 Å². The molecule has 2 aromatic carbocycles. The van der Waals surface area contributed by atoms with Gasteiger partial charge in [-0.3, -0.25) is 4.99 Å². The van der Waals surface area contributed by atoms with E-state index in [1.807, 2.05) is 18.2 Å². The third-order valence-electron chi connectivity index (χ3n) is 4.11. The van der Waals surface area contributed by atoms with Gasteiger partial charge in [-0.1, -0.05) is 12.1 Å². The van der Waals surface area contributed by atoms with Crippen LogP contribution in [0.3, 0.4) is 0 Å². The summed E-state index contributed by atoms with van der Waals surface area (Å²) in [4.78, 5) is 4.10. The molecule has 0 atom stereocenters. The number of guanidine groups is 1. The van der Waals surface area contributed by atoms with Crippen molar-refractivity contribution in [3.05, 3.63) is 59.2 Å². The minimum atomic E-state index is -4.36. The van der Waals surface area contributed by atoms with Crippen LogP contribution in [-0.4, -0.2) is 33.8 Å². The Hall–Kier alpha value is -2.17. The first-order valence-corrected chi connectivity index (χ1v) is 8.69. The fraction of sp³-hybridized carbons (Fsp3) is 0.350. The van der Waals surface area contributed by atoms with Crippen molar-refractivity contribution in [2.45, 2.75) is 19.1 Å². The van der Waals surface area contributed by atoms with Crippen LogP contribution < -0.4 is 20.1 Å². The van der Waals surface area contributed by atoms with E-state index in [0.29, 0.717) is 24.5 Å². The smallest absolute Gasteiger partial charge is 0.416 e. The molecule has 2 rings (SSSR count). The lowest BCUT2D eigenvalue weighted by atomic mass is 10.1. The first-order valence-electron chi connectivity index (χ1n) is 8.69. The average molecular weight is 523 g/mol. The van der Waals surface area contributed by atoms with Gasteiger partial charge >= 0.3 is 6.18 Å². The number of nitrogens with zero attached hydrogens (tertiary/aromatic N) is 1. The molecule has 2 aromatic rings. The molecule has 160 valence electrons. The molecule has 0 aliphatic rings. The second-order valence-corrected chi connectivity index (χ2v) is 5.98. The maximum absolute atomic E-state index is 12.8. The molecule has 0 radical (unpaired) electrons. The molecule has 0 aromatic heterocycles. The summed E-state index contributed by atoms with van der Waals surface area (Å²) in [5, 5.41) is 6.16. The fourth-order valence-electron chi connectivity index (χ4n) is 2.66. The molecular formula is C20H25F3IN3O2. The SMILES string of the molecule is CN=C(NCCc1cc(OC)ccc1OC)NCc1cccc(C(F)(F)F)c1.I. The molecule has 0 heterocycles. The van der Waals surface area contributed by atoms with Crippen molar-refractivity contribution in [1.82, 2.24) is 10.6 Å². The first-order chi connectivity index (χ1) is 13.4. The van der Waals surface area contributed by atoms with Gasteiger partial charge in [-0.15, -0.1) is 24.0 Å². The Morgan fingerprint density at radius 1 is 1.03 bits per heavy atom. The van der Waals surface area contributed by atoms with Crippen molar-refractivity contribution < 1.29 is 22.6 Å². The third-order valence-corrected chi connectivity index (χ3v) is 4.11. The normalized spacial score (nSPS) is 11.4. The number of halogens is 4. The molecule has 29 heavy (non-hydrogen) atoms. The predicted molar refractivity (Wildman–Crippen MR) is 118 cm³/mol. The zero-order valence-corrected chi connectivity index (χ0v) is 18.8. The van der Waals surface area contributed by atoms with E-state index in [1.54, 1.807) is 27.3 Å². The Kier molecular flexibility index (Phi) is 10.1. The van der Waals surface area contributed by atoms with Crippen molar-refractivity contribution in [3.8, 4) is 11.5 Å². The van der Waals surface area contributed by atoms with Gasteiger partial charge < -0.3 is 20.1 Å². The van der Waals surface area contributed by atoms with Gasteiger partial charge in [0.25, 0.3) is 0 Å². The van der Waals surface area contributed by atoms with E-state index in [-0.39, 0.29) is 30.5 Å². The number of methoxy groups -OCH3 is 2. The molecule has 5 nitrogen and oxygen atoms in total. The van der Waals surface area contributed by atoms with Crippen LogP contribution in [0.2, 0.25) is 0 Å². The van der Waals surface area contributed by atoms with Crippen molar-refractivity contribution >= 4 is 29.9 Å². The van der Waals surface area contributed by atoms with E-state index in [0.717, 1.165) is 29.2 Å². The molecular weight excluding hydrogens is 498 g/mol. The van der Waals surface area contributed by atoms with E-state index >= 15 is 0 Å². The van der Waals surface area contributed by atoms with Crippen LogP contribution in [0, 0.1) is 0 Å². The van der Waals surface area contributed by atoms with Crippen molar-refractivity contribution in [1.29, 1.82) is 0 Å². The number of hydrogen-bond acceptors (Lipinski definition) is 3. The van der Waals surface area contributed by atoms with Crippen LogP contribution in [0.15, 0.2) is 47.5 Å². The summed E-state index contributed by atoms with van der Waals surface area (Å²) in [5.41, 5.74) is 0.829. The molecule has 0 aliphatic carbocycles. The van der Waals surface area contributed by atoms with Gasteiger partial charge in [0, 0.05) is 20.1 Å². The largest absolute Gasteiger partial charge is 0.497 e. The zero-order valence-electron chi connectivity index (χ0n) is 16.5. The van der Waals surface area contributed by atoms with Crippen molar-refractivity contribution in [2.75, 3.05) is 27.8 Å². The molecule has 2 N–H and O–H groups in total. The highest BCUT2D eigenvalue weighted by Gasteiger charge is 2.30. The number of hydrogen-bond donors (Lipinski definition) is 2. The molecule has 0 aliphatic heterocycles. The molecule has 0 saturated heterocycles. The molecule has 0 unspecified atom stereocenters. The minimum absolute atomic E-state index is 0. The number of alkyl halides is 3. The summed E-state index contributed by atoms with van der Waals surface area (Å²) >= 11 is 0. The number of rotatable bonds is 7. The maximum atomic E-state index is 12.8. The Labute approximate surface area is 185 Å². The lowest BCUT2D eigenvalue weighted by Gasteiger charge is -2.14. The molecule has 0 bridgehead atoms. The van der Waals surface area contributed by atoms with E-state index in [1.165, 1.54) is 6.07 Å².